The number of nitriles is 1. The molecule has 2 aromatic rings. The highest BCUT2D eigenvalue weighted by Gasteiger charge is 2.10. The Hall–Kier alpha value is -2.48. The number of nitrogens with one attached hydrogen (secondary N) is 1. The Bertz CT molecular complexity index is 670. The molecule has 0 radical (unpaired) electrons. The zero-order valence-corrected chi connectivity index (χ0v) is 11.7. The summed E-state index contributed by atoms with van der Waals surface area (Å²) in [6, 6.07) is 8.47. The van der Waals surface area contributed by atoms with Gasteiger partial charge in [-0.1, -0.05) is 0 Å². The van der Waals surface area contributed by atoms with Gasteiger partial charge in [-0.05, 0) is 30.7 Å². The minimum Gasteiger partial charge on any atom is -0.497 e. The monoisotopic (exact) mass is 273 g/mol. The summed E-state index contributed by atoms with van der Waals surface area (Å²) in [4.78, 5) is 0. The van der Waals surface area contributed by atoms with E-state index in [0.717, 1.165) is 11.3 Å². The lowest BCUT2D eigenvalue weighted by molar-refractivity contribution is 0.414. The summed E-state index contributed by atoms with van der Waals surface area (Å²) in [5.41, 5.74) is 2.92. The number of rotatable bonds is 4. The quantitative estimate of drug-likeness (QED) is 0.931. The molecule has 1 aromatic heterocycles. The Labute approximate surface area is 117 Å². The maximum atomic E-state index is 13.7. The molecule has 0 saturated carbocycles. The Morgan fingerprint density at radius 3 is 2.75 bits per heavy atom. The predicted molar refractivity (Wildman–Crippen MR) is 75.1 cm³/mol. The molecule has 2 rings (SSSR count). The normalized spacial score (nSPS) is 10.2. The van der Waals surface area contributed by atoms with Crippen LogP contribution >= 0.6 is 0 Å². The lowest BCUT2D eigenvalue weighted by Crippen LogP contribution is -2.03. The van der Waals surface area contributed by atoms with Gasteiger partial charge in [0.2, 0.25) is 0 Å². The zero-order chi connectivity index (χ0) is 14.7. The fourth-order valence-electron chi connectivity index (χ4n) is 2.01. The van der Waals surface area contributed by atoms with E-state index in [2.05, 4.69) is 11.4 Å². The Balaban J connectivity index is 2.19. The van der Waals surface area contributed by atoms with Crippen molar-refractivity contribution in [2.24, 2.45) is 7.05 Å². The zero-order valence-electron chi connectivity index (χ0n) is 11.7. The van der Waals surface area contributed by atoms with Gasteiger partial charge in [-0.3, -0.25) is 0 Å². The number of ether oxygens (including phenoxy) is 1. The van der Waals surface area contributed by atoms with Gasteiger partial charge < -0.3 is 14.6 Å². The van der Waals surface area contributed by atoms with Crippen molar-refractivity contribution in [3.8, 4) is 11.8 Å². The van der Waals surface area contributed by atoms with Gasteiger partial charge in [0.1, 0.15) is 23.3 Å². The molecule has 0 aliphatic heterocycles. The van der Waals surface area contributed by atoms with Crippen LogP contribution in [0.1, 0.15) is 17.0 Å². The topological polar surface area (TPSA) is 50.0 Å². The van der Waals surface area contributed by atoms with Crippen molar-refractivity contribution >= 4 is 5.69 Å². The van der Waals surface area contributed by atoms with Crippen LogP contribution in [0.3, 0.4) is 0 Å². The molecule has 20 heavy (non-hydrogen) atoms. The third-order valence-corrected chi connectivity index (χ3v) is 3.40. The van der Waals surface area contributed by atoms with E-state index in [1.54, 1.807) is 18.2 Å². The molecule has 1 aromatic carbocycles. The van der Waals surface area contributed by atoms with Crippen molar-refractivity contribution in [3.05, 3.63) is 47.0 Å². The number of aromatic nitrogens is 1. The third kappa shape index (κ3) is 2.59. The van der Waals surface area contributed by atoms with Gasteiger partial charge in [0.05, 0.1) is 12.8 Å². The number of benzene rings is 1. The van der Waals surface area contributed by atoms with Crippen molar-refractivity contribution < 1.29 is 9.13 Å². The van der Waals surface area contributed by atoms with E-state index in [-0.39, 0.29) is 5.82 Å². The Kier molecular flexibility index (Phi) is 3.94. The third-order valence-electron chi connectivity index (χ3n) is 3.40. The lowest BCUT2D eigenvalue weighted by Gasteiger charge is -2.09. The first-order chi connectivity index (χ1) is 9.56. The van der Waals surface area contributed by atoms with Gasteiger partial charge in [-0.2, -0.15) is 5.26 Å². The number of halogens is 1. The van der Waals surface area contributed by atoms with Gasteiger partial charge >= 0.3 is 0 Å². The fourth-order valence-corrected chi connectivity index (χ4v) is 2.01. The molecule has 1 N–H and O–H groups in total. The van der Waals surface area contributed by atoms with Crippen molar-refractivity contribution in [1.82, 2.24) is 4.57 Å². The van der Waals surface area contributed by atoms with Gasteiger partial charge in [0.15, 0.2) is 0 Å². The summed E-state index contributed by atoms with van der Waals surface area (Å²) in [7, 11) is 3.38. The Morgan fingerprint density at radius 2 is 2.15 bits per heavy atom. The molecule has 1 heterocycles. The fraction of sp³-hybridized carbons (Fsp3) is 0.267. The van der Waals surface area contributed by atoms with Crippen molar-refractivity contribution in [3.63, 3.8) is 0 Å². The summed E-state index contributed by atoms with van der Waals surface area (Å²) in [5.74, 6) is 0.260. The maximum absolute atomic E-state index is 13.7. The first-order valence-electron chi connectivity index (χ1n) is 6.19. The van der Waals surface area contributed by atoms with Crippen LogP contribution in [-0.4, -0.2) is 11.7 Å². The van der Waals surface area contributed by atoms with Crippen LogP contribution in [-0.2, 0) is 13.6 Å². The molecule has 0 saturated heterocycles. The standard InChI is InChI=1S/C15H16FN3O/c1-10-11(6-12(8-17)19(10)2)9-18-15-7-13(20-3)4-5-14(15)16/h4-7,18H,9H2,1-3H3. The largest absolute Gasteiger partial charge is 0.497 e. The minimum absolute atomic E-state index is 0.333. The SMILES string of the molecule is COc1ccc(F)c(NCc2cc(C#N)n(C)c2C)c1. The van der Waals surface area contributed by atoms with Crippen LogP contribution in [0.25, 0.3) is 0 Å². The second-order valence-corrected chi connectivity index (χ2v) is 4.51. The predicted octanol–water partition coefficient (Wildman–Crippen LogP) is 2.97. The molecular weight excluding hydrogens is 257 g/mol. The molecular formula is C15H16FN3O. The average molecular weight is 273 g/mol. The molecule has 0 unspecified atom stereocenters. The van der Waals surface area contributed by atoms with Gasteiger partial charge in [0.25, 0.3) is 0 Å². The van der Waals surface area contributed by atoms with E-state index in [1.165, 1.54) is 13.2 Å². The molecule has 5 heteroatoms. The van der Waals surface area contributed by atoms with Crippen molar-refractivity contribution in [2.45, 2.75) is 13.5 Å². The summed E-state index contributed by atoms with van der Waals surface area (Å²) >= 11 is 0. The average Bonchev–Trinajstić information content (AvgIpc) is 2.74. The summed E-state index contributed by atoms with van der Waals surface area (Å²) in [6.45, 7) is 2.38. The molecule has 0 bridgehead atoms. The van der Waals surface area contributed by atoms with Crippen LogP contribution in [0.4, 0.5) is 10.1 Å². The number of hydrogen-bond donors (Lipinski definition) is 1. The molecule has 0 atom stereocenters. The lowest BCUT2D eigenvalue weighted by atomic mass is 10.2. The van der Waals surface area contributed by atoms with E-state index in [9.17, 15) is 4.39 Å². The molecule has 0 spiro atoms. The van der Waals surface area contributed by atoms with Crippen LogP contribution in [0, 0.1) is 24.1 Å². The van der Waals surface area contributed by atoms with Crippen molar-refractivity contribution in [2.75, 3.05) is 12.4 Å². The van der Waals surface area contributed by atoms with Gasteiger partial charge in [0, 0.05) is 25.4 Å². The van der Waals surface area contributed by atoms with Gasteiger partial charge in [-0.15, -0.1) is 0 Å². The van der Waals surface area contributed by atoms with E-state index in [1.807, 2.05) is 18.5 Å². The molecule has 0 fully saturated rings. The molecule has 104 valence electrons. The van der Waals surface area contributed by atoms with Gasteiger partial charge in [-0.25, -0.2) is 4.39 Å². The highest BCUT2D eigenvalue weighted by molar-refractivity contribution is 5.50. The van der Waals surface area contributed by atoms with Crippen LogP contribution in [0.15, 0.2) is 24.3 Å². The summed E-state index contributed by atoms with van der Waals surface area (Å²) < 4.78 is 20.6. The maximum Gasteiger partial charge on any atom is 0.146 e. The second kappa shape index (κ2) is 5.66. The number of nitrogens with zero attached hydrogens (tertiary/aromatic N) is 2. The first-order valence-corrected chi connectivity index (χ1v) is 6.19. The van der Waals surface area contributed by atoms with E-state index in [0.29, 0.717) is 23.7 Å². The highest BCUT2D eigenvalue weighted by Crippen LogP contribution is 2.22. The molecule has 0 amide bonds. The van der Waals surface area contributed by atoms with E-state index in [4.69, 9.17) is 10.00 Å². The van der Waals surface area contributed by atoms with Crippen LogP contribution < -0.4 is 10.1 Å². The van der Waals surface area contributed by atoms with Crippen molar-refractivity contribution in [1.29, 1.82) is 5.26 Å². The highest BCUT2D eigenvalue weighted by atomic mass is 19.1. The number of anilines is 1. The molecule has 0 aliphatic carbocycles. The van der Waals surface area contributed by atoms with Crippen LogP contribution in [0.2, 0.25) is 0 Å². The number of methoxy groups -OCH3 is 1. The summed E-state index contributed by atoms with van der Waals surface area (Å²) in [5, 5.41) is 12.0. The van der Waals surface area contributed by atoms with Crippen LogP contribution in [0.5, 0.6) is 5.75 Å². The number of hydrogen-bond acceptors (Lipinski definition) is 3. The minimum atomic E-state index is -0.333. The van der Waals surface area contributed by atoms with E-state index < -0.39 is 0 Å². The smallest absolute Gasteiger partial charge is 0.146 e. The van der Waals surface area contributed by atoms with E-state index >= 15 is 0 Å². The first kappa shape index (κ1) is 13.9. The molecule has 4 nitrogen and oxygen atoms in total. The Morgan fingerprint density at radius 1 is 1.40 bits per heavy atom. The second-order valence-electron chi connectivity index (χ2n) is 4.51. The summed E-state index contributed by atoms with van der Waals surface area (Å²) in [6.07, 6.45) is 0. The molecule has 0 aliphatic rings.